The molecule has 12 heteroatoms. The van der Waals surface area contributed by atoms with E-state index < -0.39 is 5.60 Å². The molecule has 20 aliphatic carbocycles. The van der Waals surface area contributed by atoms with Crippen LogP contribution in [0.3, 0.4) is 0 Å². The zero-order valence-corrected chi connectivity index (χ0v) is 87.1. The minimum Gasteiger partial charge on any atom is -0.850 e. The Bertz CT molecular complexity index is 3860. The zero-order valence-electron chi connectivity index (χ0n) is 81.2. The second-order valence-electron chi connectivity index (χ2n) is 49.5. The standard InChI is InChI=1S/C22H36.C20H32O.C18H28O2.C18H26O2.C18H24O2.C8H11P.C4H8O.C4H9O.BrH.K/c1-5-16-7-9-20-19-8-6-15-14-21(2,3)12-10-17(15)18(19)11-13-22(16,20)4;1-19(2)10-8-14-13(12-19)4-5-16-15(14)9-11-20(3)17(16)6-7-18(20)21;3*1-18-9-8-14-13-5-3-12(19)10-11(13)2-4-15(14)16(18)6-7-17(18)20;1-2-9-8-6-4-3-5-7-8;1-2-4-5-3-1;1-4(2,3)5;;/h5,15,17-20H,6-14H2,1-4H3;13-17H,4-12H2,1-3H3;11,13-17,20H,2-10H2,1H3;11,13-16H,2-10H2,1H3;10,13-16H,2-9H2,1H3;3-7,9H,2H2,1H3;1-4H2;1-3H3;1H;/q;;;;;;;-1;;+1/t15-,17-,18+,19+,20-,22+;13-,14-,15+,16+,17-,20-;11-,13-,14+,15+,16-,17?,18-;11-,13-,14+,15+,16-,18-;13-,14+,15+,16-,18-;;;;;/m00000...../s1. The number of carbonyl (C=O) groups excluding carboxylic acids is 6. The number of allylic oxidation sites excluding steroid dienone is 3. The Morgan fingerprint density at radius 2 is 0.806 bits per heavy atom. The molecule has 690 valence electrons. The van der Waals surface area contributed by atoms with E-state index in [0.29, 0.717) is 80.5 Å². The Morgan fingerprint density at radius 3 is 1.25 bits per heavy atom. The fraction of sp³-hybridized carbons (Fsp3) is 0.857. The first-order valence-electron chi connectivity index (χ1n) is 52.3. The van der Waals surface area contributed by atoms with Crippen molar-refractivity contribution in [2.75, 3.05) is 19.4 Å². The topological polar surface area (TPSA) is 155 Å². The smallest absolute Gasteiger partial charge is 0.850 e. The van der Waals surface area contributed by atoms with Crippen molar-refractivity contribution in [2.24, 2.45) is 180 Å². The first-order valence-corrected chi connectivity index (χ1v) is 53.5. The van der Waals surface area contributed by atoms with E-state index in [2.05, 4.69) is 113 Å². The quantitative estimate of drug-likeness (QED) is 0.173. The van der Waals surface area contributed by atoms with Gasteiger partial charge in [-0.2, -0.15) is 0 Å². The number of carbonyl (C=O) groups is 6. The molecule has 2 unspecified atom stereocenters. The van der Waals surface area contributed by atoms with Gasteiger partial charge in [0, 0.05) is 80.8 Å². The van der Waals surface area contributed by atoms with Crippen LogP contribution in [0.25, 0.3) is 0 Å². The van der Waals surface area contributed by atoms with Gasteiger partial charge in [0.2, 0.25) is 0 Å². The van der Waals surface area contributed by atoms with Gasteiger partial charge in [0.15, 0.2) is 5.78 Å². The maximum absolute atomic E-state index is 12.4. The Kier molecular flexibility index (Phi) is 33.9. The van der Waals surface area contributed by atoms with Gasteiger partial charge < -0.3 is 14.9 Å². The summed E-state index contributed by atoms with van der Waals surface area (Å²) in [4.78, 5) is 72.0. The summed E-state index contributed by atoms with van der Waals surface area (Å²) in [5.74, 6) is 23.5. The van der Waals surface area contributed by atoms with Crippen molar-refractivity contribution in [2.45, 2.75) is 404 Å². The number of ketones is 6. The summed E-state index contributed by atoms with van der Waals surface area (Å²) in [6.07, 6.45) is 62.0. The molecule has 0 amide bonds. The molecule has 19 saturated carbocycles. The molecule has 1 aromatic carbocycles. The molecular formula is C112H175BrKO9P. The van der Waals surface area contributed by atoms with Crippen molar-refractivity contribution in [1.29, 1.82) is 0 Å². The van der Waals surface area contributed by atoms with Crippen molar-refractivity contribution in [3.05, 3.63) is 53.6 Å². The molecule has 0 aromatic heterocycles. The number of ether oxygens (including phenoxy) is 1. The van der Waals surface area contributed by atoms with Crippen LogP contribution in [0.15, 0.2) is 53.6 Å². The summed E-state index contributed by atoms with van der Waals surface area (Å²) in [5, 5.41) is 22.0. The molecule has 20 fully saturated rings. The number of rotatable bonds is 2. The number of hydrogen-bond acceptors (Lipinski definition) is 9. The van der Waals surface area contributed by atoms with Gasteiger partial charge in [-0.15, -0.1) is 22.6 Å². The van der Waals surface area contributed by atoms with Gasteiger partial charge in [-0.05, 0) is 432 Å². The monoisotopic (exact) mass is 1810 g/mol. The van der Waals surface area contributed by atoms with Gasteiger partial charge in [-0.25, -0.2) is 0 Å². The molecule has 1 aromatic rings. The second kappa shape index (κ2) is 41.8. The Hall–Kier alpha value is -0.854. The number of aliphatic hydroxyl groups is 1. The Balaban J connectivity index is 0.000000126. The average Bonchev–Trinajstić information content (AvgIpc) is 1.23. The van der Waals surface area contributed by atoms with Crippen LogP contribution in [0, 0.1) is 180 Å². The zero-order chi connectivity index (χ0) is 86.6. The molecule has 1 saturated heterocycles. The molecule has 0 bridgehead atoms. The number of fused-ring (bicyclic) bond motifs is 25. The summed E-state index contributed by atoms with van der Waals surface area (Å²) < 4.78 is 4.94. The van der Waals surface area contributed by atoms with E-state index in [4.69, 9.17) is 4.74 Å². The first kappa shape index (κ1) is 101. The number of halogens is 1. The molecule has 31 atom stereocenters. The minimum atomic E-state index is -0.750. The Morgan fingerprint density at radius 1 is 0.419 bits per heavy atom. The third kappa shape index (κ3) is 21.4. The van der Waals surface area contributed by atoms with E-state index in [1.165, 1.54) is 184 Å². The van der Waals surface area contributed by atoms with Crippen LogP contribution in [0.4, 0.5) is 0 Å². The van der Waals surface area contributed by atoms with Gasteiger partial charge in [-0.1, -0.05) is 146 Å². The van der Waals surface area contributed by atoms with Gasteiger partial charge in [0.1, 0.15) is 28.9 Å². The maximum Gasteiger partial charge on any atom is 1.00 e. The summed E-state index contributed by atoms with van der Waals surface area (Å²) in [5.41, 5.74) is 4.57. The number of aliphatic hydroxyl groups excluding tert-OH is 1. The summed E-state index contributed by atoms with van der Waals surface area (Å²) >= 11 is 0. The molecule has 22 rings (SSSR count). The molecule has 9 nitrogen and oxygen atoms in total. The average molecular weight is 1820 g/mol. The van der Waals surface area contributed by atoms with Gasteiger partial charge in [-0.3, -0.25) is 28.8 Å². The van der Waals surface area contributed by atoms with E-state index in [1.54, 1.807) is 40.0 Å². The second-order valence-corrected chi connectivity index (χ2v) is 51.1. The fourth-order valence-electron chi connectivity index (χ4n) is 35.0. The van der Waals surface area contributed by atoms with Crippen LogP contribution in [-0.2, 0) is 33.5 Å². The molecular weight excluding hydrogens is 1640 g/mol. The molecule has 1 heterocycles. The van der Waals surface area contributed by atoms with Crippen LogP contribution in [-0.4, -0.2) is 70.9 Å². The van der Waals surface area contributed by atoms with Crippen molar-refractivity contribution in [3.63, 3.8) is 0 Å². The van der Waals surface area contributed by atoms with E-state index in [1.807, 2.05) is 11.6 Å². The number of Topliss-reactive ketones (excluding diaryl/α,β-unsaturated/α-hetero) is 5. The maximum atomic E-state index is 12.4. The molecule has 21 aliphatic rings. The van der Waals surface area contributed by atoms with Crippen molar-refractivity contribution < 1.29 is 95.1 Å². The summed E-state index contributed by atoms with van der Waals surface area (Å²) in [6, 6.07) is 10.6. The predicted molar refractivity (Wildman–Crippen MR) is 508 cm³/mol. The molecule has 124 heavy (non-hydrogen) atoms. The largest absolute Gasteiger partial charge is 1.00 e. The molecule has 1 N–H and O–H groups in total. The fourth-order valence-corrected chi connectivity index (χ4v) is 35.8. The molecule has 1 aliphatic heterocycles. The van der Waals surface area contributed by atoms with Crippen LogP contribution in [0.2, 0.25) is 0 Å². The summed E-state index contributed by atoms with van der Waals surface area (Å²) in [6.45, 7) is 33.1. The van der Waals surface area contributed by atoms with Gasteiger partial charge >= 0.3 is 51.4 Å². The van der Waals surface area contributed by atoms with Gasteiger partial charge in [0.05, 0.1) is 6.10 Å². The molecule has 0 spiro atoms. The number of hydrogen-bond donors (Lipinski definition) is 1. The van der Waals surface area contributed by atoms with Crippen LogP contribution in [0.5, 0.6) is 0 Å². The van der Waals surface area contributed by atoms with Crippen LogP contribution in [0.1, 0.15) is 392 Å². The normalized spacial score (nSPS) is 45.0. The SMILES string of the molecule is Br.C1CCOC1.CC(C)(C)[O-].CC1(C)CC[C@H]2[C@@H](CC[C@@H]3[C@@H]2CC[C@]2(C)C(=O)CC[C@@H]32)C1.CC=C1CC[C@H]2[C@@H]3CC[C@H]4CC(C)(C)CC[C@@H]4[C@H]3CC[C@]12C.CCPc1ccccc1.C[C@]12CC[C@H]3[C@@H](CCC4=CC(=O)CC[C@@H]43)[C@@H]1CCC2=O.C[C@]12CC[C@H]3[C@@H](CC[C@H]4CC(=O)CC[C@@H]43)[C@@H]1CCC2=O.C[C@]12CC[C@H]3[C@@H](CC[C@H]4CC(=O)CC[C@@H]43)[C@@H]1CCC2O.[K+]. The van der Waals surface area contributed by atoms with Crippen molar-refractivity contribution in [3.8, 4) is 0 Å². The van der Waals surface area contributed by atoms with E-state index in [9.17, 15) is 39.0 Å². The van der Waals surface area contributed by atoms with Crippen LogP contribution < -0.4 is 61.8 Å². The number of benzene rings is 1. The predicted octanol–water partition coefficient (Wildman–Crippen LogP) is 23.4. The van der Waals surface area contributed by atoms with Crippen LogP contribution >= 0.6 is 25.6 Å². The third-order valence-electron chi connectivity index (χ3n) is 41.1. The van der Waals surface area contributed by atoms with E-state index in [0.717, 1.165) is 243 Å². The molecule has 0 radical (unpaired) electrons. The van der Waals surface area contributed by atoms with Crippen molar-refractivity contribution >= 4 is 65.6 Å². The third-order valence-corrected chi connectivity index (χ3v) is 42.2. The van der Waals surface area contributed by atoms with E-state index in [-0.39, 0.29) is 96.1 Å². The summed E-state index contributed by atoms with van der Waals surface area (Å²) in [7, 11) is 0.987. The van der Waals surface area contributed by atoms with E-state index >= 15 is 0 Å². The Labute approximate surface area is 810 Å². The van der Waals surface area contributed by atoms with Gasteiger partial charge in [0.25, 0.3) is 0 Å². The van der Waals surface area contributed by atoms with Crippen molar-refractivity contribution in [1.82, 2.24) is 0 Å². The minimum absolute atomic E-state index is 0. The first-order chi connectivity index (χ1) is 58.1.